The molecule has 0 saturated carbocycles. The van der Waals surface area contributed by atoms with Crippen LogP contribution in [0.15, 0.2) is 0 Å². The smallest absolute Gasteiger partial charge is 0.316 e. The molecule has 1 heterocycles. The molecular formula is C8H17N3O2. The van der Waals surface area contributed by atoms with E-state index in [2.05, 4.69) is 10.6 Å². The Morgan fingerprint density at radius 2 is 2.54 bits per heavy atom. The van der Waals surface area contributed by atoms with Crippen LogP contribution in [0.25, 0.3) is 0 Å². The highest BCUT2D eigenvalue weighted by Crippen LogP contribution is 1.98. The van der Waals surface area contributed by atoms with Crippen LogP contribution in [0.2, 0.25) is 0 Å². The molecule has 5 nitrogen and oxygen atoms in total. The van der Waals surface area contributed by atoms with Gasteiger partial charge < -0.3 is 20.3 Å². The van der Waals surface area contributed by atoms with Crippen molar-refractivity contribution >= 4 is 6.03 Å². The quantitative estimate of drug-likeness (QED) is 0.598. The Kier molecular flexibility index (Phi) is 3.98. The molecule has 2 amide bonds. The maximum Gasteiger partial charge on any atom is 0.316 e. The lowest BCUT2D eigenvalue weighted by molar-refractivity contribution is 0.0156. The minimum atomic E-state index is -0.0748. The largest absolute Gasteiger partial charge is 0.374 e. The average molecular weight is 187 g/mol. The molecule has 1 rings (SSSR count). The standard InChI is InChI=1S/C8H17N3O2/c1-9-8(12)11(2)6-7-5-10-3-4-13-7/h7,10H,3-6H2,1-2H3,(H,9,12). The molecule has 1 fully saturated rings. The van der Waals surface area contributed by atoms with E-state index in [4.69, 9.17) is 4.74 Å². The van der Waals surface area contributed by atoms with E-state index in [1.807, 2.05) is 0 Å². The molecule has 0 aromatic rings. The van der Waals surface area contributed by atoms with E-state index < -0.39 is 0 Å². The number of likely N-dealkylation sites (N-methyl/N-ethyl adjacent to an activating group) is 1. The molecule has 0 aromatic carbocycles. The first-order valence-corrected chi connectivity index (χ1v) is 4.49. The highest BCUT2D eigenvalue weighted by molar-refractivity contribution is 5.73. The summed E-state index contributed by atoms with van der Waals surface area (Å²) in [7, 11) is 3.38. The van der Waals surface area contributed by atoms with Gasteiger partial charge in [0, 0.05) is 33.7 Å². The Labute approximate surface area is 78.4 Å². The molecule has 0 aromatic heterocycles. The second-order valence-electron chi connectivity index (χ2n) is 3.13. The van der Waals surface area contributed by atoms with Gasteiger partial charge in [0.1, 0.15) is 0 Å². The number of hydrogen-bond donors (Lipinski definition) is 2. The summed E-state index contributed by atoms with van der Waals surface area (Å²) in [5, 5.41) is 5.78. The summed E-state index contributed by atoms with van der Waals surface area (Å²) in [5.41, 5.74) is 0. The third kappa shape index (κ3) is 3.20. The van der Waals surface area contributed by atoms with Crippen molar-refractivity contribution in [2.75, 3.05) is 40.3 Å². The maximum absolute atomic E-state index is 11.1. The fourth-order valence-electron chi connectivity index (χ4n) is 1.32. The van der Waals surface area contributed by atoms with Crippen LogP contribution in [-0.2, 0) is 4.74 Å². The number of rotatable bonds is 2. The molecule has 0 bridgehead atoms. The first kappa shape index (κ1) is 10.3. The molecule has 1 saturated heterocycles. The monoisotopic (exact) mass is 187 g/mol. The van der Waals surface area contributed by atoms with Crippen molar-refractivity contribution < 1.29 is 9.53 Å². The van der Waals surface area contributed by atoms with Crippen molar-refractivity contribution in [3.05, 3.63) is 0 Å². The van der Waals surface area contributed by atoms with Crippen molar-refractivity contribution in [1.29, 1.82) is 0 Å². The molecule has 1 atom stereocenters. The molecule has 5 heteroatoms. The van der Waals surface area contributed by atoms with Crippen molar-refractivity contribution in [2.24, 2.45) is 0 Å². The van der Waals surface area contributed by atoms with Gasteiger partial charge in [-0.05, 0) is 0 Å². The van der Waals surface area contributed by atoms with Crippen LogP contribution in [-0.4, -0.2) is 57.4 Å². The van der Waals surface area contributed by atoms with Gasteiger partial charge in [0.15, 0.2) is 0 Å². The maximum atomic E-state index is 11.1. The molecule has 0 radical (unpaired) electrons. The van der Waals surface area contributed by atoms with E-state index in [9.17, 15) is 4.79 Å². The van der Waals surface area contributed by atoms with Crippen LogP contribution in [0.1, 0.15) is 0 Å². The Hall–Kier alpha value is -0.810. The van der Waals surface area contributed by atoms with Gasteiger partial charge in [-0.15, -0.1) is 0 Å². The van der Waals surface area contributed by atoms with Crippen molar-refractivity contribution in [1.82, 2.24) is 15.5 Å². The van der Waals surface area contributed by atoms with Crippen molar-refractivity contribution in [3.63, 3.8) is 0 Å². The van der Waals surface area contributed by atoms with E-state index in [1.165, 1.54) is 0 Å². The summed E-state index contributed by atoms with van der Waals surface area (Å²) in [5.74, 6) is 0. The minimum absolute atomic E-state index is 0.0748. The third-order valence-corrected chi connectivity index (χ3v) is 2.04. The van der Waals surface area contributed by atoms with E-state index in [0.29, 0.717) is 6.54 Å². The fraction of sp³-hybridized carbons (Fsp3) is 0.875. The summed E-state index contributed by atoms with van der Waals surface area (Å²) in [6, 6.07) is -0.0748. The predicted molar refractivity (Wildman–Crippen MR) is 49.7 cm³/mol. The molecule has 1 aliphatic heterocycles. The van der Waals surface area contributed by atoms with Crippen molar-refractivity contribution in [2.45, 2.75) is 6.10 Å². The molecule has 76 valence electrons. The number of amides is 2. The van der Waals surface area contributed by atoms with Gasteiger partial charge >= 0.3 is 6.03 Å². The number of ether oxygens (including phenoxy) is 1. The zero-order valence-electron chi connectivity index (χ0n) is 8.17. The van der Waals surface area contributed by atoms with Gasteiger partial charge in [0.05, 0.1) is 12.7 Å². The Balaban J connectivity index is 2.25. The number of nitrogens with one attached hydrogen (secondary N) is 2. The lowest BCUT2D eigenvalue weighted by Crippen LogP contribution is -2.47. The number of carbonyl (C=O) groups is 1. The Bertz CT molecular complexity index is 169. The highest BCUT2D eigenvalue weighted by atomic mass is 16.5. The number of morpholine rings is 1. The van der Waals surface area contributed by atoms with E-state index in [-0.39, 0.29) is 12.1 Å². The molecule has 1 unspecified atom stereocenters. The highest BCUT2D eigenvalue weighted by Gasteiger charge is 2.17. The summed E-state index contributed by atoms with van der Waals surface area (Å²) in [6.45, 7) is 3.08. The first-order chi connectivity index (χ1) is 6.24. The molecular weight excluding hydrogens is 170 g/mol. The van der Waals surface area contributed by atoms with Gasteiger partial charge in [-0.1, -0.05) is 0 Å². The minimum Gasteiger partial charge on any atom is -0.374 e. The summed E-state index contributed by atoms with van der Waals surface area (Å²) >= 11 is 0. The lowest BCUT2D eigenvalue weighted by Gasteiger charge is -2.27. The topological polar surface area (TPSA) is 53.6 Å². The average Bonchev–Trinajstić information content (AvgIpc) is 2.18. The van der Waals surface area contributed by atoms with E-state index in [1.54, 1.807) is 19.0 Å². The van der Waals surface area contributed by atoms with Gasteiger partial charge in [-0.25, -0.2) is 4.79 Å². The molecule has 13 heavy (non-hydrogen) atoms. The number of carbonyl (C=O) groups excluding carboxylic acids is 1. The van der Waals surface area contributed by atoms with Crippen LogP contribution >= 0.6 is 0 Å². The van der Waals surface area contributed by atoms with Gasteiger partial charge in [-0.2, -0.15) is 0 Å². The summed E-state index contributed by atoms with van der Waals surface area (Å²) < 4.78 is 5.46. The van der Waals surface area contributed by atoms with Crippen LogP contribution in [0.3, 0.4) is 0 Å². The van der Waals surface area contributed by atoms with Crippen molar-refractivity contribution in [3.8, 4) is 0 Å². The zero-order chi connectivity index (χ0) is 9.68. The molecule has 0 spiro atoms. The van der Waals surface area contributed by atoms with Gasteiger partial charge in [0.2, 0.25) is 0 Å². The molecule has 1 aliphatic rings. The first-order valence-electron chi connectivity index (χ1n) is 4.49. The van der Waals surface area contributed by atoms with Crippen LogP contribution in [0.4, 0.5) is 4.79 Å². The third-order valence-electron chi connectivity index (χ3n) is 2.04. The van der Waals surface area contributed by atoms with Gasteiger partial charge in [0.25, 0.3) is 0 Å². The predicted octanol–water partition coefficient (Wildman–Crippen LogP) is -0.754. The lowest BCUT2D eigenvalue weighted by atomic mass is 10.3. The SMILES string of the molecule is CNC(=O)N(C)CC1CNCCO1. The second kappa shape index (κ2) is 5.04. The van der Waals surface area contributed by atoms with Crippen LogP contribution in [0, 0.1) is 0 Å². The second-order valence-corrected chi connectivity index (χ2v) is 3.13. The number of urea groups is 1. The van der Waals surface area contributed by atoms with E-state index >= 15 is 0 Å². The molecule has 2 N–H and O–H groups in total. The Morgan fingerprint density at radius 1 is 1.77 bits per heavy atom. The normalized spacial score (nSPS) is 22.5. The Morgan fingerprint density at radius 3 is 3.08 bits per heavy atom. The zero-order valence-corrected chi connectivity index (χ0v) is 8.17. The fourth-order valence-corrected chi connectivity index (χ4v) is 1.32. The summed E-state index contributed by atoms with van der Waals surface area (Å²) in [6.07, 6.45) is 0.121. The van der Waals surface area contributed by atoms with Crippen LogP contribution < -0.4 is 10.6 Å². The van der Waals surface area contributed by atoms with Crippen LogP contribution in [0.5, 0.6) is 0 Å². The van der Waals surface area contributed by atoms with Gasteiger partial charge in [-0.3, -0.25) is 0 Å². The number of nitrogens with zero attached hydrogens (tertiary/aromatic N) is 1. The number of hydrogen-bond acceptors (Lipinski definition) is 3. The van der Waals surface area contributed by atoms with E-state index in [0.717, 1.165) is 19.7 Å². The summed E-state index contributed by atoms with van der Waals surface area (Å²) in [4.78, 5) is 12.7. The molecule has 0 aliphatic carbocycles.